The summed E-state index contributed by atoms with van der Waals surface area (Å²) in [5, 5.41) is 12.0. The van der Waals surface area contributed by atoms with Gasteiger partial charge in [-0.3, -0.25) is 4.79 Å². The zero-order chi connectivity index (χ0) is 11.4. The fourth-order valence-corrected chi connectivity index (χ4v) is 1.96. The van der Waals surface area contributed by atoms with Gasteiger partial charge in [-0.2, -0.15) is 5.26 Å². The molecule has 15 heavy (non-hydrogen) atoms. The topological polar surface area (TPSA) is 91.8 Å². The van der Waals surface area contributed by atoms with Gasteiger partial charge in [-0.15, -0.1) is 0 Å². The van der Waals surface area contributed by atoms with Crippen LogP contribution in [-0.2, 0) is 4.79 Å². The summed E-state index contributed by atoms with van der Waals surface area (Å²) in [6.07, 6.45) is 0.550. The van der Waals surface area contributed by atoms with E-state index in [1.165, 1.54) is 0 Å². The Kier molecular flexibility index (Phi) is 3.88. The number of anilines is 1. The van der Waals surface area contributed by atoms with Gasteiger partial charge in [-0.1, -0.05) is 29.9 Å². The van der Waals surface area contributed by atoms with Gasteiger partial charge in [0.15, 0.2) is 10.3 Å². The second kappa shape index (κ2) is 4.96. The molecule has 0 saturated carbocycles. The van der Waals surface area contributed by atoms with E-state index >= 15 is 0 Å². The molecule has 0 radical (unpaired) electrons. The molecule has 1 atom stereocenters. The molecule has 1 aromatic rings. The van der Waals surface area contributed by atoms with Crippen molar-refractivity contribution in [2.24, 2.45) is 5.73 Å². The molecule has 0 bridgehead atoms. The fraction of sp³-hybridized carbons (Fsp3) is 0.375. The van der Waals surface area contributed by atoms with Crippen molar-refractivity contribution >= 4 is 34.0 Å². The number of carbonyl (C=O) groups is 1. The first-order valence-electron chi connectivity index (χ1n) is 4.20. The van der Waals surface area contributed by atoms with Crippen molar-refractivity contribution in [1.82, 2.24) is 4.98 Å². The van der Waals surface area contributed by atoms with Crippen molar-refractivity contribution in [3.8, 4) is 6.07 Å². The molecule has 1 rings (SSSR count). The fourth-order valence-electron chi connectivity index (χ4n) is 0.956. The Hall–Kier alpha value is -1.32. The maximum Gasteiger partial charge on any atom is 0.239 e. The van der Waals surface area contributed by atoms with Crippen LogP contribution in [0.25, 0.3) is 0 Å². The first-order valence-corrected chi connectivity index (χ1v) is 5.40. The molecule has 0 aliphatic heterocycles. The maximum atomic E-state index is 10.9. The summed E-state index contributed by atoms with van der Waals surface area (Å²) in [6, 6.07) is 1.42. The van der Waals surface area contributed by atoms with Crippen LogP contribution in [0.5, 0.6) is 0 Å². The normalized spacial score (nSPS) is 11.8. The van der Waals surface area contributed by atoms with Crippen LogP contribution in [-0.4, -0.2) is 16.9 Å². The maximum absolute atomic E-state index is 10.9. The number of hydrogen-bond acceptors (Lipinski definition) is 5. The second-order valence-electron chi connectivity index (χ2n) is 2.76. The molecule has 0 aliphatic carbocycles. The minimum absolute atomic E-state index is 0.143. The number of nitriles is 1. The molecule has 80 valence electrons. The highest BCUT2D eigenvalue weighted by atomic mass is 35.5. The molecule has 1 aromatic heterocycles. The van der Waals surface area contributed by atoms with Crippen LogP contribution in [0.15, 0.2) is 0 Å². The standard InChI is InChI=1S/C8H9ClN4OS/c1-2-4(7(11)14)12-8-13-6(9)5(3-10)15-8/h4H,2H2,1H3,(H2,11,14)(H,12,13). The Labute approximate surface area is 95.9 Å². The number of nitrogens with two attached hydrogens (primary N) is 1. The number of nitrogens with zero attached hydrogens (tertiary/aromatic N) is 2. The number of aromatic nitrogens is 1. The molecular formula is C8H9ClN4OS. The van der Waals surface area contributed by atoms with Gasteiger partial charge in [0, 0.05) is 0 Å². The van der Waals surface area contributed by atoms with Gasteiger partial charge in [-0.05, 0) is 6.42 Å². The molecule has 0 spiro atoms. The van der Waals surface area contributed by atoms with E-state index in [4.69, 9.17) is 22.6 Å². The van der Waals surface area contributed by atoms with E-state index in [9.17, 15) is 4.79 Å². The molecule has 0 aromatic carbocycles. The van der Waals surface area contributed by atoms with Crippen molar-refractivity contribution in [1.29, 1.82) is 5.26 Å². The Morgan fingerprint density at radius 1 is 1.87 bits per heavy atom. The summed E-state index contributed by atoms with van der Waals surface area (Å²) in [5.41, 5.74) is 5.15. The van der Waals surface area contributed by atoms with Gasteiger partial charge in [0.2, 0.25) is 5.91 Å². The lowest BCUT2D eigenvalue weighted by atomic mass is 10.2. The lowest BCUT2D eigenvalue weighted by Gasteiger charge is -2.10. The van der Waals surface area contributed by atoms with E-state index in [0.717, 1.165) is 11.3 Å². The SMILES string of the molecule is CCC(Nc1nc(Cl)c(C#N)s1)C(N)=O. The molecule has 3 N–H and O–H groups in total. The number of nitrogens with one attached hydrogen (secondary N) is 1. The molecule has 1 heterocycles. The third-order valence-corrected chi connectivity index (χ3v) is 3.01. The van der Waals surface area contributed by atoms with Gasteiger partial charge in [-0.25, -0.2) is 4.98 Å². The van der Waals surface area contributed by atoms with Crippen molar-refractivity contribution in [3.63, 3.8) is 0 Å². The van der Waals surface area contributed by atoms with Crippen LogP contribution in [0.2, 0.25) is 5.15 Å². The zero-order valence-electron chi connectivity index (χ0n) is 7.95. The molecule has 7 heteroatoms. The summed E-state index contributed by atoms with van der Waals surface area (Å²) in [5.74, 6) is -0.456. The highest BCUT2D eigenvalue weighted by Gasteiger charge is 2.16. The third-order valence-electron chi connectivity index (χ3n) is 1.74. The Morgan fingerprint density at radius 2 is 2.53 bits per heavy atom. The Bertz CT molecular complexity index is 411. The predicted octanol–water partition coefficient (Wildman–Crippen LogP) is 1.34. The first kappa shape index (κ1) is 11.8. The molecule has 0 fully saturated rings. The van der Waals surface area contributed by atoms with Crippen LogP contribution in [0.3, 0.4) is 0 Å². The zero-order valence-corrected chi connectivity index (χ0v) is 9.52. The number of halogens is 1. The van der Waals surface area contributed by atoms with E-state index in [0.29, 0.717) is 16.4 Å². The molecule has 1 unspecified atom stereocenters. The molecular weight excluding hydrogens is 236 g/mol. The van der Waals surface area contributed by atoms with Gasteiger partial charge < -0.3 is 11.1 Å². The Balaban J connectivity index is 2.81. The van der Waals surface area contributed by atoms with Gasteiger partial charge in [0.1, 0.15) is 17.0 Å². The largest absolute Gasteiger partial charge is 0.368 e. The number of hydrogen-bond donors (Lipinski definition) is 2. The number of amides is 1. The summed E-state index contributed by atoms with van der Waals surface area (Å²) in [6.45, 7) is 1.82. The average molecular weight is 245 g/mol. The van der Waals surface area contributed by atoms with E-state index in [2.05, 4.69) is 10.3 Å². The summed E-state index contributed by atoms with van der Waals surface area (Å²) >= 11 is 6.77. The van der Waals surface area contributed by atoms with Crippen molar-refractivity contribution in [2.75, 3.05) is 5.32 Å². The van der Waals surface area contributed by atoms with Crippen LogP contribution >= 0.6 is 22.9 Å². The molecule has 0 saturated heterocycles. The van der Waals surface area contributed by atoms with Crippen LogP contribution in [0.1, 0.15) is 18.2 Å². The number of primary amides is 1. The van der Waals surface area contributed by atoms with Crippen LogP contribution in [0.4, 0.5) is 5.13 Å². The van der Waals surface area contributed by atoms with E-state index in [1.54, 1.807) is 0 Å². The predicted molar refractivity (Wildman–Crippen MR) is 58.7 cm³/mol. The Morgan fingerprint density at radius 3 is 2.93 bits per heavy atom. The summed E-state index contributed by atoms with van der Waals surface area (Å²) < 4.78 is 0. The highest BCUT2D eigenvalue weighted by Crippen LogP contribution is 2.26. The lowest BCUT2D eigenvalue weighted by molar-refractivity contribution is -0.118. The van der Waals surface area contributed by atoms with E-state index in [-0.39, 0.29) is 5.15 Å². The number of rotatable bonds is 4. The van der Waals surface area contributed by atoms with Gasteiger partial charge in [0.05, 0.1) is 0 Å². The summed E-state index contributed by atoms with van der Waals surface area (Å²) in [4.78, 5) is 15.1. The monoisotopic (exact) mass is 244 g/mol. The van der Waals surface area contributed by atoms with E-state index in [1.807, 2.05) is 13.0 Å². The molecule has 1 amide bonds. The highest BCUT2D eigenvalue weighted by molar-refractivity contribution is 7.16. The third kappa shape index (κ3) is 2.81. The quantitative estimate of drug-likeness (QED) is 0.836. The van der Waals surface area contributed by atoms with Gasteiger partial charge >= 0.3 is 0 Å². The molecule has 5 nitrogen and oxygen atoms in total. The molecule has 0 aliphatic rings. The van der Waals surface area contributed by atoms with Crippen molar-refractivity contribution < 1.29 is 4.79 Å². The smallest absolute Gasteiger partial charge is 0.239 e. The van der Waals surface area contributed by atoms with Crippen LogP contribution < -0.4 is 11.1 Å². The van der Waals surface area contributed by atoms with Crippen LogP contribution in [0, 0.1) is 11.3 Å². The average Bonchev–Trinajstić information content (AvgIpc) is 2.54. The lowest BCUT2D eigenvalue weighted by Crippen LogP contribution is -2.34. The minimum Gasteiger partial charge on any atom is -0.368 e. The summed E-state index contributed by atoms with van der Waals surface area (Å²) in [7, 11) is 0. The van der Waals surface area contributed by atoms with Crippen molar-refractivity contribution in [2.45, 2.75) is 19.4 Å². The minimum atomic E-state index is -0.487. The van der Waals surface area contributed by atoms with Crippen molar-refractivity contribution in [3.05, 3.63) is 10.0 Å². The van der Waals surface area contributed by atoms with Gasteiger partial charge in [0.25, 0.3) is 0 Å². The first-order chi connectivity index (χ1) is 7.08. The number of carbonyl (C=O) groups excluding carboxylic acids is 1. The second-order valence-corrected chi connectivity index (χ2v) is 4.12. The number of thiazole rings is 1. The van der Waals surface area contributed by atoms with E-state index < -0.39 is 11.9 Å².